The zero-order chi connectivity index (χ0) is 14.5. The number of aryl methyl sites for hydroxylation is 1. The first-order valence-electron chi connectivity index (χ1n) is 5.84. The number of amides is 4. The van der Waals surface area contributed by atoms with E-state index in [9.17, 15) is 14.4 Å². The molecule has 1 aromatic rings. The molecule has 4 amide bonds. The molecule has 0 saturated carbocycles. The van der Waals surface area contributed by atoms with Gasteiger partial charge in [-0.15, -0.1) is 10.2 Å². The van der Waals surface area contributed by atoms with Gasteiger partial charge in [0.15, 0.2) is 4.34 Å². The van der Waals surface area contributed by atoms with Crippen molar-refractivity contribution in [2.45, 2.75) is 11.3 Å². The monoisotopic (exact) mass is 315 g/mol. The lowest BCUT2D eigenvalue weighted by molar-refractivity contribution is -0.130. The van der Waals surface area contributed by atoms with Crippen LogP contribution in [0.4, 0.5) is 4.79 Å². The number of nitrogens with one attached hydrogen (secondary N) is 2. The van der Waals surface area contributed by atoms with E-state index in [1.165, 1.54) is 23.1 Å². The third-order valence-electron chi connectivity index (χ3n) is 2.40. The van der Waals surface area contributed by atoms with Crippen LogP contribution in [0.3, 0.4) is 0 Å². The molecule has 0 spiro atoms. The molecule has 108 valence electrons. The Hall–Kier alpha value is -1.68. The van der Waals surface area contributed by atoms with Crippen LogP contribution >= 0.6 is 23.1 Å². The predicted octanol–water partition coefficient (Wildman–Crippen LogP) is -0.393. The van der Waals surface area contributed by atoms with E-state index in [-0.39, 0.29) is 24.9 Å². The molecule has 0 aliphatic carbocycles. The summed E-state index contributed by atoms with van der Waals surface area (Å²) in [6.07, 6.45) is 0. The van der Waals surface area contributed by atoms with Gasteiger partial charge in [-0.25, -0.2) is 4.79 Å². The SMILES string of the molecule is Cc1nnc(SCCNC(=O)CN2C(=O)CNC2=O)s1. The highest BCUT2D eigenvalue weighted by atomic mass is 32.2. The second-order valence-electron chi connectivity index (χ2n) is 3.92. The Morgan fingerprint density at radius 1 is 1.50 bits per heavy atom. The quantitative estimate of drug-likeness (QED) is 0.421. The number of rotatable bonds is 6. The second kappa shape index (κ2) is 6.66. The number of thioether (sulfide) groups is 1. The van der Waals surface area contributed by atoms with E-state index in [0.29, 0.717) is 12.3 Å². The molecule has 8 nitrogen and oxygen atoms in total. The Morgan fingerprint density at radius 3 is 2.90 bits per heavy atom. The number of carbonyl (C=O) groups is 3. The molecular weight excluding hydrogens is 302 g/mol. The molecule has 2 rings (SSSR count). The molecule has 1 saturated heterocycles. The maximum atomic E-state index is 11.6. The van der Waals surface area contributed by atoms with E-state index in [2.05, 4.69) is 20.8 Å². The summed E-state index contributed by atoms with van der Waals surface area (Å²) in [5, 5.41) is 13.7. The Labute approximate surface area is 123 Å². The highest BCUT2D eigenvalue weighted by molar-refractivity contribution is 8.01. The smallest absolute Gasteiger partial charge is 0.325 e. The number of aromatic nitrogens is 2. The van der Waals surface area contributed by atoms with Gasteiger partial charge in [-0.3, -0.25) is 14.5 Å². The minimum absolute atomic E-state index is 0.0433. The maximum Gasteiger partial charge on any atom is 0.325 e. The van der Waals surface area contributed by atoms with Gasteiger partial charge in [0.2, 0.25) is 5.91 Å². The van der Waals surface area contributed by atoms with Gasteiger partial charge in [0, 0.05) is 12.3 Å². The van der Waals surface area contributed by atoms with E-state index in [1.54, 1.807) is 0 Å². The number of hydrogen-bond donors (Lipinski definition) is 2. The van der Waals surface area contributed by atoms with Gasteiger partial charge in [0.25, 0.3) is 5.91 Å². The summed E-state index contributed by atoms with van der Waals surface area (Å²) in [7, 11) is 0. The lowest BCUT2D eigenvalue weighted by Gasteiger charge is -2.11. The minimum atomic E-state index is -0.524. The number of imide groups is 1. The van der Waals surface area contributed by atoms with Crippen molar-refractivity contribution in [3.8, 4) is 0 Å². The summed E-state index contributed by atoms with van der Waals surface area (Å²) in [5.74, 6) is -0.0890. The molecule has 2 N–H and O–H groups in total. The van der Waals surface area contributed by atoms with Gasteiger partial charge in [-0.2, -0.15) is 0 Å². The highest BCUT2D eigenvalue weighted by Crippen LogP contribution is 2.20. The molecule has 0 unspecified atom stereocenters. The summed E-state index contributed by atoms with van der Waals surface area (Å²) in [6, 6.07) is -0.524. The average molecular weight is 315 g/mol. The number of urea groups is 1. The van der Waals surface area contributed by atoms with Crippen molar-refractivity contribution in [1.29, 1.82) is 0 Å². The lowest BCUT2D eigenvalue weighted by atomic mass is 10.5. The fourth-order valence-electron chi connectivity index (χ4n) is 1.48. The molecule has 2 heterocycles. The number of carbonyl (C=O) groups excluding carboxylic acids is 3. The van der Waals surface area contributed by atoms with Crippen LogP contribution in [0.15, 0.2) is 4.34 Å². The summed E-state index contributed by atoms with van der Waals surface area (Å²) in [5.41, 5.74) is 0. The van der Waals surface area contributed by atoms with Crippen molar-refractivity contribution < 1.29 is 14.4 Å². The van der Waals surface area contributed by atoms with Crippen molar-refractivity contribution in [2.75, 3.05) is 25.4 Å². The predicted molar refractivity (Wildman–Crippen MR) is 73.5 cm³/mol. The normalized spacial score (nSPS) is 14.6. The topological polar surface area (TPSA) is 104 Å². The summed E-state index contributed by atoms with van der Waals surface area (Å²) in [6.45, 7) is 2.03. The van der Waals surface area contributed by atoms with E-state index >= 15 is 0 Å². The zero-order valence-corrected chi connectivity index (χ0v) is 12.3. The minimum Gasteiger partial charge on any atom is -0.354 e. The maximum absolute atomic E-state index is 11.6. The Bertz CT molecular complexity index is 517. The summed E-state index contributed by atoms with van der Waals surface area (Å²) in [4.78, 5) is 35.0. The number of nitrogens with zero attached hydrogens (tertiary/aromatic N) is 3. The molecule has 20 heavy (non-hydrogen) atoms. The molecule has 1 aliphatic rings. The van der Waals surface area contributed by atoms with Crippen LogP contribution in [0.2, 0.25) is 0 Å². The highest BCUT2D eigenvalue weighted by Gasteiger charge is 2.29. The molecule has 10 heteroatoms. The van der Waals surface area contributed by atoms with E-state index in [0.717, 1.165) is 14.2 Å². The lowest BCUT2D eigenvalue weighted by Crippen LogP contribution is -2.41. The van der Waals surface area contributed by atoms with E-state index in [4.69, 9.17) is 0 Å². The van der Waals surface area contributed by atoms with Crippen LogP contribution in [0.25, 0.3) is 0 Å². The average Bonchev–Trinajstić information content (AvgIpc) is 2.95. The Balaban J connectivity index is 1.65. The molecule has 1 aliphatic heterocycles. The third kappa shape index (κ3) is 3.90. The molecule has 0 bridgehead atoms. The first-order valence-corrected chi connectivity index (χ1v) is 7.64. The van der Waals surface area contributed by atoms with Gasteiger partial charge >= 0.3 is 6.03 Å². The van der Waals surface area contributed by atoms with Gasteiger partial charge < -0.3 is 10.6 Å². The van der Waals surface area contributed by atoms with E-state index < -0.39 is 6.03 Å². The fourth-order valence-corrected chi connectivity index (χ4v) is 3.22. The summed E-state index contributed by atoms with van der Waals surface area (Å²) < 4.78 is 0.853. The molecule has 1 aromatic heterocycles. The second-order valence-corrected chi connectivity index (χ2v) is 6.45. The van der Waals surface area contributed by atoms with Gasteiger partial charge in [0.1, 0.15) is 11.6 Å². The van der Waals surface area contributed by atoms with Crippen molar-refractivity contribution in [1.82, 2.24) is 25.7 Å². The largest absolute Gasteiger partial charge is 0.354 e. The van der Waals surface area contributed by atoms with Crippen LogP contribution in [0, 0.1) is 6.92 Å². The Kier molecular flexibility index (Phi) is 4.90. The van der Waals surface area contributed by atoms with Crippen molar-refractivity contribution in [2.24, 2.45) is 0 Å². The third-order valence-corrected chi connectivity index (χ3v) is 4.37. The van der Waals surface area contributed by atoms with E-state index in [1.807, 2.05) is 6.92 Å². The summed E-state index contributed by atoms with van der Waals surface area (Å²) >= 11 is 2.99. The standard InChI is InChI=1S/C10H13N5O3S2/c1-6-13-14-10(20-6)19-3-2-11-7(16)5-15-8(17)4-12-9(15)18/h2-5H2,1H3,(H,11,16)(H,12,18). The molecule has 0 aromatic carbocycles. The molecule has 0 atom stereocenters. The van der Waals surface area contributed by atoms with Crippen molar-refractivity contribution in [3.63, 3.8) is 0 Å². The van der Waals surface area contributed by atoms with Crippen LogP contribution in [0.1, 0.15) is 5.01 Å². The van der Waals surface area contributed by atoms with Gasteiger partial charge in [-0.1, -0.05) is 23.1 Å². The van der Waals surface area contributed by atoms with Crippen LogP contribution < -0.4 is 10.6 Å². The fraction of sp³-hybridized carbons (Fsp3) is 0.500. The molecule has 1 fully saturated rings. The van der Waals surface area contributed by atoms with Gasteiger partial charge in [0.05, 0.1) is 6.54 Å². The van der Waals surface area contributed by atoms with Crippen LogP contribution in [-0.4, -0.2) is 58.3 Å². The first-order chi connectivity index (χ1) is 9.56. The molecule has 0 radical (unpaired) electrons. The van der Waals surface area contributed by atoms with Crippen LogP contribution in [-0.2, 0) is 9.59 Å². The number of hydrogen-bond acceptors (Lipinski definition) is 7. The van der Waals surface area contributed by atoms with Crippen molar-refractivity contribution in [3.05, 3.63) is 5.01 Å². The Morgan fingerprint density at radius 2 is 2.30 bits per heavy atom. The van der Waals surface area contributed by atoms with Crippen molar-refractivity contribution >= 4 is 40.9 Å². The van der Waals surface area contributed by atoms with Gasteiger partial charge in [-0.05, 0) is 6.92 Å². The van der Waals surface area contributed by atoms with Crippen LogP contribution in [0.5, 0.6) is 0 Å². The zero-order valence-electron chi connectivity index (χ0n) is 10.7. The molecular formula is C10H13N5O3S2. The first kappa shape index (κ1) is 14.7.